The third kappa shape index (κ3) is 3.40. The number of nitrogens with zero attached hydrogens (tertiary/aromatic N) is 5. The zero-order valence-corrected chi connectivity index (χ0v) is 14.8. The molecule has 0 spiro atoms. The summed E-state index contributed by atoms with van der Waals surface area (Å²) in [6.07, 6.45) is 1.28. The summed E-state index contributed by atoms with van der Waals surface area (Å²) in [4.78, 5) is 13.3. The van der Waals surface area contributed by atoms with Crippen LogP contribution in [0.25, 0.3) is 17.0 Å². The lowest BCUT2D eigenvalue weighted by Gasteiger charge is -2.31. The minimum absolute atomic E-state index is 0.184. The third-order valence-corrected chi connectivity index (χ3v) is 4.66. The molecule has 27 heavy (non-hydrogen) atoms. The van der Waals surface area contributed by atoms with Crippen LogP contribution >= 0.6 is 0 Å². The first kappa shape index (κ1) is 17.2. The van der Waals surface area contributed by atoms with Crippen molar-refractivity contribution in [2.45, 2.75) is 18.9 Å². The summed E-state index contributed by atoms with van der Waals surface area (Å²) in [6.45, 7) is 1.25. The molecule has 3 heterocycles. The van der Waals surface area contributed by atoms with Gasteiger partial charge in [-0.3, -0.25) is 0 Å². The zero-order valence-electron chi connectivity index (χ0n) is 14.8. The number of hydrogen-bond donors (Lipinski definition) is 1. The molecule has 1 saturated heterocycles. The van der Waals surface area contributed by atoms with Crippen molar-refractivity contribution in [1.82, 2.24) is 24.7 Å². The Morgan fingerprint density at radius 1 is 1.19 bits per heavy atom. The van der Waals surface area contributed by atoms with Gasteiger partial charge in [0.05, 0.1) is 12.7 Å². The van der Waals surface area contributed by atoms with E-state index in [0.717, 1.165) is 12.8 Å². The van der Waals surface area contributed by atoms with E-state index in [9.17, 15) is 9.18 Å². The van der Waals surface area contributed by atoms with E-state index >= 15 is 0 Å². The molecule has 1 aliphatic heterocycles. The Balaban J connectivity index is 1.53. The van der Waals surface area contributed by atoms with Crippen molar-refractivity contribution >= 4 is 17.6 Å². The molecule has 0 bridgehead atoms. The number of benzene rings is 1. The lowest BCUT2D eigenvalue weighted by molar-refractivity contribution is 0.113. The second-order valence-electron chi connectivity index (χ2n) is 6.37. The average molecular weight is 370 g/mol. The van der Waals surface area contributed by atoms with Crippen LogP contribution in [0.3, 0.4) is 0 Å². The fourth-order valence-electron chi connectivity index (χ4n) is 3.22. The van der Waals surface area contributed by atoms with Crippen LogP contribution in [0.4, 0.5) is 15.0 Å². The fraction of sp³-hybridized carbons (Fsp3) is 0.333. The summed E-state index contributed by atoms with van der Waals surface area (Å²) in [5.74, 6) is 0.630. The van der Waals surface area contributed by atoms with Gasteiger partial charge in [0.1, 0.15) is 11.6 Å². The van der Waals surface area contributed by atoms with Gasteiger partial charge >= 0.3 is 6.09 Å². The van der Waals surface area contributed by atoms with E-state index in [2.05, 4.69) is 20.6 Å². The number of hydrogen-bond acceptors (Lipinski definition) is 6. The SMILES string of the molecule is COC(=O)N1CCC(Nc2ccc3nnc(-c4ccccc4F)n3n2)CC1. The normalized spacial score (nSPS) is 15.1. The molecule has 0 radical (unpaired) electrons. The summed E-state index contributed by atoms with van der Waals surface area (Å²) >= 11 is 0. The van der Waals surface area contributed by atoms with Crippen LogP contribution < -0.4 is 5.32 Å². The van der Waals surface area contributed by atoms with Gasteiger partial charge in [0.2, 0.25) is 0 Å². The van der Waals surface area contributed by atoms with Gasteiger partial charge < -0.3 is 15.0 Å². The molecule has 2 aromatic heterocycles. The van der Waals surface area contributed by atoms with Gasteiger partial charge in [-0.1, -0.05) is 12.1 Å². The highest BCUT2D eigenvalue weighted by Crippen LogP contribution is 2.22. The summed E-state index contributed by atoms with van der Waals surface area (Å²) in [5, 5.41) is 16.0. The molecule has 1 fully saturated rings. The number of anilines is 1. The van der Waals surface area contributed by atoms with Crippen molar-refractivity contribution in [3.05, 3.63) is 42.2 Å². The number of ether oxygens (including phenoxy) is 1. The van der Waals surface area contributed by atoms with Crippen molar-refractivity contribution in [3.8, 4) is 11.4 Å². The van der Waals surface area contributed by atoms with Crippen molar-refractivity contribution < 1.29 is 13.9 Å². The lowest BCUT2D eigenvalue weighted by atomic mass is 10.1. The molecule has 1 amide bonds. The summed E-state index contributed by atoms with van der Waals surface area (Å²) in [5.41, 5.74) is 0.889. The van der Waals surface area contributed by atoms with E-state index in [0.29, 0.717) is 35.9 Å². The number of rotatable bonds is 3. The quantitative estimate of drug-likeness (QED) is 0.763. The molecule has 140 valence electrons. The Hall–Kier alpha value is -3.23. The molecule has 0 saturated carbocycles. The molecule has 3 aromatic rings. The fourth-order valence-corrected chi connectivity index (χ4v) is 3.22. The van der Waals surface area contributed by atoms with E-state index in [1.165, 1.54) is 17.7 Å². The van der Waals surface area contributed by atoms with Gasteiger partial charge in [0, 0.05) is 19.1 Å². The van der Waals surface area contributed by atoms with Gasteiger partial charge in [-0.05, 0) is 37.1 Å². The predicted molar refractivity (Wildman–Crippen MR) is 96.8 cm³/mol. The van der Waals surface area contributed by atoms with E-state index in [1.807, 2.05) is 6.07 Å². The van der Waals surface area contributed by atoms with Gasteiger partial charge in [-0.15, -0.1) is 15.3 Å². The number of carbonyl (C=O) groups excluding carboxylic acids is 1. The smallest absolute Gasteiger partial charge is 0.409 e. The maximum Gasteiger partial charge on any atom is 0.409 e. The molecule has 8 nitrogen and oxygen atoms in total. The number of piperidine rings is 1. The number of carbonyl (C=O) groups is 1. The Kier molecular flexibility index (Phi) is 4.57. The maximum atomic E-state index is 14.1. The van der Waals surface area contributed by atoms with Crippen molar-refractivity contribution in [2.24, 2.45) is 0 Å². The maximum absolute atomic E-state index is 14.1. The van der Waals surface area contributed by atoms with E-state index in [1.54, 1.807) is 29.2 Å². The summed E-state index contributed by atoms with van der Waals surface area (Å²) in [7, 11) is 1.39. The van der Waals surface area contributed by atoms with Crippen LogP contribution in [0, 0.1) is 5.82 Å². The standard InChI is InChI=1S/C18H19FN6O2/c1-27-18(26)24-10-8-12(9-11-24)20-15-6-7-16-21-22-17(25(16)23-15)13-4-2-3-5-14(13)19/h2-7,12H,8-11H2,1H3,(H,20,23). The number of nitrogens with one attached hydrogen (secondary N) is 1. The molecule has 0 unspecified atom stereocenters. The first-order valence-corrected chi connectivity index (χ1v) is 8.72. The number of likely N-dealkylation sites (tertiary alicyclic amines) is 1. The Morgan fingerprint density at radius 2 is 1.96 bits per heavy atom. The number of methoxy groups -OCH3 is 1. The molecular formula is C18H19FN6O2. The predicted octanol–water partition coefficient (Wildman–Crippen LogP) is 2.57. The second kappa shape index (κ2) is 7.18. The monoisotopic (exact) mass is 370 g/mol. The Morgan fingerprint density at radius 3 is 2.70 bits per heavy atom. The van der Waals surface area contributed by atoms with Crippen LogP contribution in [0.5, 0.6) is 0 Å². The minimum Gasteiger partial charge on any atom is -0.453 e. The summed E-state index contributed by atoms with van der Waals surface area (Å²) in [6, 6.07) is 10.2. The lowest BCUT2D eigenvalue weighted by Crippen LogP contribution is -2.42. The molecule has 1 N–H and O–H groups in total. The number of fused-ring (bicyclic) bond motifs is 1. The van der Waals surface area contributed by atoms with Gasteiger partial charge in [0.25, 0.3) is 0 Å². The Bertz CT molecular complexity index is 967. The highest BCUT2D eigenvalue weighted by atomic mass is 19.1. The average Bonchev–Trinajstić information content (AvgIpc) is 3.11. The van der Waals surface area contributed by atoms with Crippen LogP contribution in [-0.4, -0.2) is 57.0 Å². The second-order valence-corrected chi connectivity index (χ2v) is 6.37. The van der Waals surface area contributed by atoms with Crippen molar-refractivity contribution in [2.75, 3.05) is 25.5 Å². The van der Waals surface area contributed by atoms with Gasteiger partial charge in [-0.2, -0.15) is 4.52 Å². The highest BCUT2D eigenvalue weighted by Gasteiger charge is 2.23. The van der Waals surface area contributed by atoms with Crippen molar-refractivity contribution in [1.29, 1.82) is 0 Å². The van der Waals surface area contributed by atoms with E-state index in [-0.39, 0.29) is 18.0 Å². The first-order valence-electron chi connectivity index (χ1n) is 8.72. The molecule has 1 aromatic carbocycles. The number of halogens is 1. The molecule has 0 aliphatic carbocycles. The highest BCUT2D eigenvalue weighted by molar-refractivity contribution is 5.67. The number of amides is 1. The topological polar surface area (TPSA) is 84.6 Å². The molecule has 4 rings (SSSR count). The van der Waals surface area contributed by atoms with Crippen molar-refractivity contribution in [3.63, 3.8) is 0 Å². The van der Waals surface area contributed by atoms with Crippen LogP contribution in [-0.2, 0) is 4.74 Å². The molecule has 0 atom stereocenters. The van der Waals surface area contributed by atoms with E-state index < -0.39 is 0 Å². The third-order valence-electron chi connectivity index (χ3n) is 4.66. The first-order chi connectivity index (χ1) is 13.2. The van der Waals surface area contributed by atoms with Crippen LogP contribution in [0.1, 0.15) is 12.8 Å². The van der Waals surface area contributed by atoms with Gasteiger partial charge in [-0.25, -0.2) is 9.18 Å². The Labute approximate surface area is 155 Å². The molecule has 9 heteroatoms. The summed E-state index contributed by atoms with van der Waals surface area (Å²) < 4.78 is 20.4. The zero-order chi connectivity index (χ0) is 18.8. The van der Waals surface area contributed by atoms with Gasteiger partial charge in [0.15, 0.2) is 11.5 Å². The molecule has 1 aliphatic rings. The largest absolute Gasteiger partial charge is 0.453 e. The number of aromatic nitrogens is 4. The van der Waals surface area contributed by atoms with Crippen LogP contribution in [0.15, 0.2) is 36.4 Å². The van der Waals surface area contributed by atoms with E-state index in [4.69, 9.17) is 4.74 Å². The molecular weight excluding hydrogens is 351 g/mol. The minimum atomic E-state index is -0.373. The van der Waals surface area contributed by atoms with Crippen LogP contribution in [0.2, 0.25) is 0 Å².